The summed E-state index contributed by atoms with van der Waals surface area (Å²) in [7, 11) is 1.27. The summed E-state index contributed by atoms with van der Waals surface area (Å²) in [5.74, 6) is -1.90. The molecule has 1 heterocycles. The molecule has 1 atom stereocenters. The van der Waals surface area contributed by atoms with Gasteiger partial charge in [0.15, 0.2) is 5.11 Å². The van der Waals surface area contributed by atoms with E-state index in [1.165, 1.54) is 36.3 Å². The maximum atomic E-state index is 12.4. The second kappa shape index (κ2) is 9.79. The summed E-state index contributed by atoms with van der Waals surface area (Å²) in [5, 5.41) is 5.26. The number of carbonyl (C=O) groups excluding carboxylic acids is 4. The van der Waals surface area contributed by atoms with Gasteiger partial charge in [0.1, 0.15) is 6.04 Å². The molecular formula is C18H21N3O6S. The number of rotatable bonds is 5. The average molecular weight is 407 g/mol. The molecule has 0 spiro atoms. The fraction of sp³-hybridized carbons (Fsp3) is 0.389. The van der Waals surface area contributed by atoms with Crippen molar-refractivity contribution >= 4 is 41.1 Å². The molecule has 0 radical (unpaired) electrons. The lowest BCUT2D eigenvalue weighted by atomic mass is 10.1. The molecule has 10 heteroatoms. The first-order valence-electron chi connectivity index (χ1n) is 8.61. The van der Waals surface area contributed by atoms with Crippen molar-refractivity contribution in [1.29, 1.82) is 0 Å². The maximum absolute atomic E-state index is 12.4. The lowest BCUT2D eigenvalue weighted by molar-refractivity contribution is -0.147. The fourth-order valence-electron chi connectivity index (χ4n) is 2.66. The molecule has 1 fully saturated rings. The highest BCUT2D eigenvalue weighted by atomic mass is 32.1. The van der Waals surface area contributed by atoms with Crippen LogP contribution in [0.25, 0.3) is 0 Å². The van der Waals surface area contributed by atoms with E-state index in [1.54, 1.807) is 6.92 Å². The number of thiocarbonyl (C=S) groups is 1. The normalized spacial score (nSPS) is 16.0. The summed E-state index contributed by atoms with van der Waals surface area (Å²) in [6, 6.07) is 4.98. The van der Waals surface area contributed by atoms with E-state index in [9.17, 15) is 19.2 Å². The van der Waals surface area contributed by atoms with Crippen LogP contribution in [0.1, 0.15) is 34.1 Å². The molecule has 2 amide bonds. The predicted molar refractivity (Wildman–Crippen MR) is 103 cm³/mol. The van der Waals surface area contributed by atoms with Crippen LogP contribution in [0.5, 0.6) is 0 Å². The molecule has 1 aliphatic heterocycles. The van der Waals surface area contributed by atoms with Crippen molar-refractivity contribution in [2.24, 2.45) is 0 Å². The van der Waals surface area contributed by atoms with E-state index in [-0.39, 0.29) is 29.6 Å². The van der Waals surface area contributed by atoms with Gasteiger partial charge in [-0.3, -0.25) is 19.7 Å². The van der Waals surface area contributed by atoms with E-state index in [2.05, 4.69) is 15.4 Å². The van der Waals surface area contributed by atoms with E-state index in [4.69, 9.17) is 17.0 Å². The Morgan fingerprint density at radius 3 is 2.50 bits per heavy atom. The fourth-order valence-corrected chi connectivity index (χ4v) is 2.97. The Morgan fingerprint density at radius 1 is 1.25 bits per heavy atom. The molecule has 9 nitrogen and oxygen atoms in total. The van der Waals surface area contributed by atoms with Crippen molar-refractivity contribution in [3.05, 3.63) is 35.4 Å². The van der Waals surface area contributed by atoms with Crippen molar-refractivity contribution in [3.63, 3.8) is 0 Å². The Hall–Kier alpha value is -3.01. The van der Waals surface area contributed by atoms with Crippen LogP contribution in [0, 0.1) is 0 Å². The van der Waals surface area contributed by atoms with Crippen LogP contribution in [0.15, 0.2) is 24.3 Å². The van der Waals surface area contributed by atoms with Crippen LogP contribution in [-0.4, -0.2) is 66.6 Å². The van der Waals surface area contributed by atoms with Crippen LogP contribution < -0.4 is 10.6 Å². The van der Waals surface area contributed by atoms with Gasteiger partial charge in [0.25, 0.3) is 5.91 Å². The van der Waals surface area contributed by atoms with E-state index in [0.29, 0.717) is 18.7 Å². The zero-order valence-electron chi connectivity index (χ0n) is 15.5. The number of esters is 2. The molecule has 0 bridgehead atoms. The van der Waals surface area contributed by atoms with Crippen molar-refractivity contribution < 1.29 is 28.7 Å². The third-order valence-electron chi connectivity index (χ3n) is 4.05. The number of methoxy groups -OCH3 is 1. The summed E-state index contributed by atoms with van der Waals surface area (Å²) in [4.78, 5) is 49.3. The van der Waals surface area contributed by atoms with Gasteiger partial charge in [-0.05, 0) is 43.4 Å². The Bertz CT molecular complexity index is 780. The van der Waals surface area contributed by atoms with E-state index in [1.807, 2.05) is 0 Å². The molecule has 1 aromatic rings. The van der Waals surface area contributed by atoms with E-state index in [0.717, 1.165) is 0 Å². The average Bonchev–Trinajstić information content (AvgIpc) is 2.69. The second-order valence-electron chi connectivity index (χ2n) is 5.84. The lowest BCUT2D eigenvalue weighted by Gasteiger charge is -2.36. The maximum Gasteiger partial charge on any atom is 0.337 e. The predicted octanol–water partition coefficient (Wildman–Crippen LogP) is 0.242. The summed E-state index contributed by atoms with van der Waals surface area (Å²) in [5.41, 5.74) is 0.585. The molecule has 150 valence electrons. The van der Waals surface area contributed by atoms with Crippen LogP contribution in [0.4, 0.5) is 0 Å². The molecule has 0 saturated carbocycles. The van der Waals surface area contributed by atoms with Crippen molar-refractivity contribution in [1.82, 2.24) is 15.5 Å². The van der Waals surface area contributed by atoms with Crippen LogP contribution in [0.2, 0.25) is 0 Å². The third-order valence-corrected chi connectivity index (χ3v) is 4.38. The first kappa shape index (κ1) is 21.3. The number of hydrogen-bond acceptors (Lipinski definition) is 7. The van der Waals surface area contributed by atoms with E-state index >= 15 is 0 Å². The molecule has 2 N–H and O–H groups in total. The monoisotopic (exact) mass is 407 g/mol. The minimum atomic E-state index is -0.859. The molecule has 1 aromatic carbocycles. The number of carbonyl (C=O) groups is 4. The number of nitrogens with one attached hydrogen (secondary N) is 2. The Kier molecular flexibility index (Phi) is 7.44. The van der Waals surface area contributed by atoms with Gasteiger partial charge in [0, 0.05) is 18.7 Å². The Balaban J connectivity index is 2.06. The van der Waals surface area contributed by atoms with Gasteiger partial charge in [0.05, 0.1) is 25.7 Å². The molecule has 1 aliphatic rings. The molecule has 1 unspecified atom stereocenters. The Morgan fingerprint density at radius 2 is 1.89 bits per heavy atom. The van der Waals surface area contributed by atoms with E-state index < -0.39 is 23.9 Å². The molecule has 2 rings (SSSR count). The van der Waals surface area contributed by atoms with Gasteiger partial charge >= 0.3 is 11.9 Å². The van der Waals surface area contributed by atoms with Crippen LogP contribution >= 0.6 is 12.2 Å². The summed E-state index contributed by atoms with van der Waals surface area (Å²) >= 11 is 5.27. The van der Waals surface area contributed by atoms with Gasteiger partial charge in [-0.1, -0.05) is 0 Å². The SMILES string of the molecule is CCOC(=O)CC1C(=O)NCCN1C(=S)NC(=O)c1ccc(C(=O)OC)cc1. The Labute approximate surface area is 167 Å². The standard InChI is InChI=1S/C18H21N3O6S/c1-3-27-14(22)10-13-16(24)19-8-9-21(13)18(28)20-15(23)11-4-6-12(7-5-11)17(25)26-2/h4-7,13H,3,8-10H2,1-2H3,(H,19,24)(H,20,23,28). The number of piperazine rings is 1. The highest BCUT2D eigenvalue weighted by molar-refractivity contribution is 7.80. The first-order valence-corrected chi connectivity index (χ1v) is 9.01. The number of nitrogens with zero attached hydrogens (tertiary/aromatic N) is 1. The van der Waals surface area contributed by atoms with Crippen molar-refractivity contribution in [2.45, 2.75) is 19.4 Å². The van der Waals surface area contributed by atoms with Gasteiger partial charge in [-0.25, -0.2) is 4.79 Å². The topological polar surface area (TPSA) is 114 Å². The third kappa shape index (κ3) is 5.26. The van der Waals surface area contributed by atoms with Crippen molar-refractivity contribution in [2.75, 3.05) is 26.8 Å². The smallest absolute Gasteiger partial charge is 0.337 e. The van der Waals surface area contributed by atoms with Crippen molar-refractivity contribution in [3.8, 4) is 0 Å². The minimum Gasteiger partial charge on any atom is -0.466 e. The van der Waals surface area contributed by atoms with Gasteiger partial charge in [-0.2, -0.15) is 0 Å². The van der Waals surface area contributed by atoms with Gasteiger partial charge in [-0.15, -0.1) is 0 Å². The number of ether oxygens (including phenoxy) is 2. The number of benzene rings is 1. The summed E-state index contributed by atoms with van der Waals surface area (Å²) < 4.78 is 9.51. The molecule has 28 heavy (non-hydrogen) atoms. The zero-order chi connectivity index (χ0) is 20.7. The lowest BCUT2D eigenvalue weighted by Crippen LogP contribution is -2.60. The molecular weight excluding hydrogens is 386 g/mol. The van der Waals surface area contributed by atoms with Crippen LogP contribution in [0.3, 0.4) is 0 Å². The van der Waals surface area contributed by atoms with Gasteiger partial charge < -0.3 is 19.7 Å². The number of hydrogen-bond donors (Lipinski definition) is 2. The van der Waals surface area contributed by atoms with Gasteiger partial charge in [0.2, 0.25) is 5.91 Å². The number of amides is 2. The quantitative estimate of drug-likeness (QED) is 0.527. The minimum absolute atomic E-state index is 0.0335. The highest BCUT2D eigenvalue weighted by Gasteiger charge is 2.34. The summed E-state index contributed by atoms with van der Waals surface area (Å²) in [6.45, 7) is 2.56. The van der Waals surface area contributed by atoms with Crippen LogP contribution in [-0.2, 0) is 19.1 Å². The molecule has 0 aromatic heterocycles. The largest absolute Gasteiger partial charge is 0.466 e. The zero-order valence-corrected chi connectivity index (χ0v) is 16.3. The molecule has 0 aliphatic carbocycles. The first-order chi connectivity index (χ1) is 13.4. The summed E-state index contributed by atoms with van der Waals surface area (Å²) in [6.07, 6.45) is -0.177. The second-order valence-corrected chi connectivity index (χ2v) is 6.22. The highest BCUT2D eigenvalue weighted by Crippen LogP contribution is 2.12. The molecule has 1 saturated heterocycles.